The first kappa shape index (κ1) is 21.1. The van der Waals surface area contributed by atoms with Gasteiger partial charge in [0.2, 0.25) is 4.80 Å². The monoisotopic (exact) mass is 439 g/mol. The van der Waals surface area contributed by atoms with Gasteiger partial charge in [0.1, 0.15) is 17.2 Å². The van der Waals surface area contributed by atoms with Crippen molar-refractivity contribution in [3.8, 4) is 28.5 Å². The van der Waals surface area contributed by atoms with E-state index in [1.54, 1.807) is 17.0 Å². The van der Waals surface area contributed by atoms with Gasteiger partial charge in [-0.05, 0) is 61.7 Å². The molecule has 0 saturated carbocycles. The lowest BCUT2D eigenvalue weighted by molar-refractivity contribution is 0.117. The third kappa shape index (κ3) is 5.15. The van der Waals surface area contributed by atoms with Crippen molar-refractivity contribution in [1.82, 2.24) is 4.68 Å². The Morgan fingerprint density at radius 2 is 2.06 bits per heavy atom. The molecule has 1 fully saturated rings. The number of thiazole rings is 1. The third-order valence-corrected chi connectivity index (χ3v) is 5.76. The van der Waals surface area contributed by atoms with Gasteiger partial charge in [-0.3, -0.25) is 4.99 Å². The van der Waals surface area contributed by atoms with E-state index < -0.39 is 0 Å². The van der Waals surface area contributed by atoms with Gasteiger partial charge >= 0.3 is 0 Å². The quantitative estimate of drug-likeness (QED) is 0.545. The van der Waals surface area contributed by atoms with Crippen LogP contribution in [0.5, 0.6) is 17.2 Å². The molecule has 0 amide bonds. The summed E-state index contributed by atoms with van der Waals surface area (Å²) in [6, 6.07) is 12.2. The summed E-state index contributed by atoms with van der Waals surface area (Å²) in [5, 5.41) is 26.6. The molecule has 1 unspecified atom stereocenters. The normalized spacial score (nSPS) is 16.9. The van der Waals surface area contributed by atoms with E-state index in [0.717, 1.165) is 30.8 Å². The molecule has 162 valence electrons. The molecule has 4 rings (SSSR count). The van der Waals surface area contributed by atoms with Crippen LogP contribution in [0.2, 0.25) is 0 Å². The van der Waals surface area contributed by atoms with Crippen molar-refractivity contribution in [2.45, 2.75) is 25.9 Å². The average molecular weight is 440 g/mol. The highest BCUT2D eigenvalue weighted by Gasteiger charge is 2.16. The molecular formula is C23H25N3O4S. The molecule has 0 bridgehead atoms. The zero-order chi connectivity index (χ0) is 21.6. The lowest BCUT2D eigenvalue weighted by Crippen LogP contribution is -2.17. The smallest absolute Gasteiger partial charge is 0.206 e. The number of hydrogen-bond donors (Lipinski definition) is 2. The van der Waals surface area contributed by atoms with Crippen molar-refractivity contribution in [1.29, 1.82) is 0 Å². The molecule has 1 aliphatic rings. The van der Waals surface area contributed by atoms with Crippen molar-refractivity contribution >= 4 is 17.6 Å². The predicted octanol–water partition coefficient (Wildman–Crippen LogP) is 3.99. The highest BCUT2D eigenvalue weighted by atomic mass is 32.1. The molecule has 2 heterocycles. The fourth-order valence-corrected chi connectivity index (χ4v) is 4.19. The Morgan fingerprint density at radius 3 is 2.77 bits per heavy atom. The number of phenols is 2. The van der Waals surface area contributed by atoms with Crippen LogP contribution in [0.15, 0.2) is 57.9 Å². The highest BCUT2D eigenvalue weighted by molar-refractivity contribution is 7.07. The number of ether oxygens (including phenoxy) is 2. The first-order valence-electron chi connectivity index (χ1n) is 10.3. The molecule has 0 radical (unpaired) electrons. The van der Waals surface area contributed by atoms with Gasteiger partial charge in [0, 0.05) is 23.6 Å². The van der Waals surface area contributed by atoms with Gasteiger partial charge in [0.15, 0.2) is 0 Å². The molecule has 2 aromatic carbocycles. The summed E-state index contributed by atoms with van der Waals surface area (Å²) in [7, 11) is 0. The van der Waals surface area contributed by atoms with Crippen LogP contribution in [0.25, 0.3) is 11.3 Å². The summed E-state index contributed by atoms with van der Waals surface area (Å²) >= 11 is 1.44. The van der Waals surface area contributed by atoms with Crippen LogP contribution in [0, 0.1) is 0 Å². The summed E-state index contributed by atoms with van der Waals surface area (Å²) in [6.07, 6.45) is 3.95. The van der Waals surface area contributed by atoms with Gasteiger partial charge in [-0.15, -0.1) is 11.3 Å². The van der Waals surface area contributed by atoms with E-state index in [1.165, 1.54) is 23.5 Å². The van der Waals surface area contributed by atoms with E-state index in [0.29, 0.717) is 29.2 Å². The second-order valence-corrected chi connectivity index (χ2v) is 7.98. The number of hydrogen-bond acceptors (Lipinski definition) is 7. The van der Waals surface area contributed by atoms with E-state index in [-0.39, 0.29) is 17.6 Å². The average Bonchev–Trinajstić information content (AvgIpc) is 3.42. The molecule has 7 nitrogen and oxygen atoms in total. The summed E-state index contributed by atoms with van der Waals surface area (Å²) < 4.78 is 12.9. The van der Waals surface area contributed by atoms with Gasteiger partial charge in [-0.25, -0.2) is 4.68 Å². The standard InChI is InChI=1S/C23H25N3O4S/c1-2-29-18-8-5-16(6-9-18)13-25-26-21(20-10-7-17(27)12-22(20)28)15-31-23(26)24-14-19-4-3-11-30-19/h5-10,12-13,15,19,27-28H,2-4,11,14H2,1H3/b24-23?,25-13+. The molecule has 2 N–H and O–H groups in total. The predicted molar refractivity (Wildman–Crippen MR) is 121 cm³/mol. The Labute approximate surface area is 184 Å². The molecule has 3 aromatic rings. The maximum absolute atomic E-state index is 10.4. The van der Waals surface area contributed by atoms with Crippen LogP contribution in [0.1, 0.15) is 25.3 Å². The minimum Gasteiger partial charge on any atom is -0.508 e. The zero-order valence-electron chi connectivity index (χ0n) is 17.3. The molecule has 1 aromatic heterocycles. The van der Waals surface area contributed by atoms with Crippen molar-refractivity contribution in [2.24, 2.45) is 10.1 Å². The number of rotatable bonds is 7. The van der Waals surface area contributed by atoms with Crippen LogP contribution in [0.4, 0.5) is 0 Å². The Bertz CT molecular complexity index is 1110. The number of benzene rings is 2. The molecule has 8 heteroatoms. The first-order chi connectivity index (χ1) is 15.1. The third-order valence-electron chi connectivity index (χ3n) is 4.91. The summed E-state index contributed by atoms with van der Waals surface area (Å²) in [6.45, 7) is 3.92. The second kappa shape index (κ2) is 9.80. The van der Waals surface area contributed by atoms with Crippen LogP contribution in [-0.2, 0) is 4.74 Å². The fourth-order valence-electron chi connectivity index (χ4n) is 3.35. The Hall–Kier alpha value is -3.10. The van der Waals surface area contributed by atoms with Crippen LogP contribution < -0.4 is 9.54 Å². The maximum Gasteiger partial charge on any atom is 0.206 e. The maximum atomic E-state index is 10.4. The summed E-state index contributed by atoms with van der Waals surface area (Å²) in [5.41, 5.74) is 2.17. The van der Waals surface area contributed by atoms with Crippen molar-refractivity contribution < 1.29 is 19.7 Å². The van der Waals surface area contributed by atoms with Gasteiger partial charge in [-0.1, -0.05) is 0 Å². The van der Waals surface area contributed by atoms with Gasteiger partial charge < -0.3 is 19.7 Å². The Kier molecular flexibility index (Phi) is 6.69. The molecule has 1 aliphatic heterocycles. The van der Waals surface area contributed by atoms with Crippen LogP contribution >= 0.6 is 11.3 Å². The van der Waals surface area contributed by atoms with Gasteiger partial charge in [0.05, 0.1) is 31.2 Å². The minimum absolute atomic E-state index is 0.00390. The molecule has 31 heavy (non-hydrogen) atoms. The van der Waals surface area contributed by atoms with Crippen LogP contribution in [0.3, 0.4) is 0 Å². The van der Waals surface area contributed by atoms with Gasteiger partial charge in [0.25, 0.3) is 0 Å². The minimum atomic E-state index is -0.0199. The van der Waals surface area contributed by atoms with E-state index >= 15 is 0 Å². The first-order valence-corrected chi connectivity index (χ1v) is 11.1. The number of aromatic hydroxyl groups is 2. The van der Waals surface area contributed by atoms with Crippen molar-refractivity contribution in [3.05, 3.63) is 58.2 Å². The number of nitrogens with zero attached hydrogens (tertiary/aromatic N) is 3. The Balaban J connectivity index is 1.69. The van der Waals surface area contributed by atoms with Gasteiger partial charge in [-0.2, -0.15) is 5.10 Å². The lowest BCUT2D eigenvalue weighted by Gasteiger charge is -2.07. The summed E-state index contributed by atoms with van der Waals surface area (Å²) in [4.78, 5) is 5.43. The number of aromatic nitrogens is 1. The lowest BCUT2D eigenvalue weighted by atomic mass is 10.1. The van der Waals surface area contributed by atoms with E-state index in [1.807, 2.05) is 36.6 Å². The topological polar surface area (TPSA) is 88.6 Å². The zero-order valence-corrected chi connectivity index (χ0v) is 18.1. The molecular weight excluding hydrogens is 414 g/mol. The molecule has 0 spiro atoms. The SMILES string of the molecule is CCOc1ccc(/C=N/n2c(-c3ccc(O)cc3O)csc2=NCC2CCCO2)cc1. The largest absolute Gasteiger partial charge is 0.508 e. The van der Waals surface area contributed by atoms with Crippen molar-refractivity contribution in [2.75, 3.05) is 19.8 Å². The van der Waals surface area contributed by atoms with E-state index in [2.05, 4.69) is 5.10 Å². The number of phenolic OH excluding ortho intramolecular Hbond substituents is 2. The molecule has 0 aliphatic carbocycles. The Morgan fingerprint density at radius 1 is 1.23 bits per heavy atom. The van der Waals surface area contributed by atoms with Crippen molar-refractivity contribution in [3.63, 3.8) is 0 Å². The van der Waals surface area contributed by atoms with E-state index in [4.69, 9.17) is 14.5 Å². The summed E-state index contributed by atoms with van der Waals surface area (Å²) in [5.74, 6) is 0.794. The highest BCUT2D eigenvalue weighted by Crippen LogP contribution is 2.32. The second-order valence-electron chi connectivity index (χ2n) is 7.14. The van der Waals surface area contributed by atoms with Crippen LogP contribution in [-0.4, -0.2) is 47.0 Å². The molecule has 1 saturated heterocycles. The molecule has 1 atom stereocenters. The van der Waals surface area contributed by atoms with E-state index in [9.17, 15) is 10.2 Å². The fraction of sp³-hybridized carbons (Fsp3) is 0.304.